The van der Waals surface area contributed by atoms with Gasteiger partial charge < -0.3 is 4.90 Å². The van der Waals surface area contributed by atoms with Crippen molar-refractivity contribution in [3.8, 4) is 0 Å². The lowest BCUT2D eigenvalue weighted by molar-refractivity contribution is 0.418. The molecule has 0 unspecified atom stereocenters. The summed E-state index contributed by atoms with van der Waals surface area (Å²) in [4.78, 5) is 13.3. The second-order valence-corrected chi connectivity index (χ2v) is 4.64. The molecule has 1 N–H and O–H groups in total. The second-order valence-electron chi connectivity index (χ2n) is 4.64. The lowest BCUT2D eigenvalue weighted by atomic mass is 9.93. The summed E-state index contributed by atoms with van der Waals surface area (Å²) in [6.07, 6.45) is 2.88. The summed E-state index contributed by atoms with van der Waals surface area (Å²) in [5, 5.41) is 6.18. The van der Waals surface area contributed by atoms with E-state index in [1.807, 2.05) is 0 Å². The normalized spacial score (nSPS) is 20.0. The van der Waals surface area contributed by atoms with E-state index < -0.39 is 0 Å². The maximum Gasteiger partial charge on any atom is 0.266 e. The monoisotopic (exact) mass is 193 g/mol. The number of nitrogens with zero attached hydrogens (tertiary/aromatic N) is 2. The van der Waals surface area contributed by atoms with Gasteiger partial charge in [-0.15, -0.1) is 0 Å². The fourth-order valence-corrected chi connectivity index (χ4v) is 1.87. The van der Waals surface area contributed by atoms with Crippen LogP contribution in [-0.4, -0.2) is 23.3 Å². The Hall–Kier alpha value is -1.32. The Balaban J connectivity index is 2.22. The molecule has 1 aliphatic rings. The first-order chi connectivity index (χ1) is 6.57. The number of hydrogen-bond donors (Lipinski definition) is 1. The third-order valence-electron chi connectivity index (χ3n) is 2.69. The zero-order chi connectivity index (χ0) is 10.2. The van der Waals surface area contributed by atoms with Crippen LogP contribution in [0.5, 0.6) is 0 Å². The van der Waals surface area contributed by atoms with E-state index in [1.54, 1.807) is 12.3 Å². The van der Waals surface area contributed by atoms with Gasteiger partial charge in [-0.05, 0) is 11.8 Å². The summed E-state index contributed by atoms with van der Waals surface area (Å²) in [5.41, 5.74) is 1.15. The van der Waals surface area contributed by atoms with Gasteiger partial charge in [-0.25, -0.2) is 5.10 Å². The van der Waals surface area contributed by atoms with Crippen LogP contribution >= 0.6 is 0 Å². The molecule has 1 aromatic heterocycles. The standard InChI is InChI=1S/C10H15N3O/c1-10(2)3-4-13(7-10)8-5-9(14)12-11-6-8/h5-6H,3-4,7H2,1-2H3,(H,12,14). The van der Waals surface area contributed by atoms with Gasteiger partial charge in [0.05, 0.1) is 11.9 Å². The Bertz CT molecular complexity index is 383. The number of H-pyrrole nitrogens is 1. The van der Waals surface area contributed by atoms with Crippen molar-refractivity contribution in [1.82, 2.24) is 10.2 Å². The SMILES string of the molecule is CC1(C)CCN(c2cn[nH]c(=O)c2)C1. The van der Waals surface area contributed by atoms with Gasteiger partial charge in [0.15, 0.2) is 0 Å². The lowest BCUT2D eigenvalue weighted by Crippen LogP contribution is -2.24. The molecule has 1 aliphatic heterocycles. The van der Waals surface area contributed by atoms with Crippen LogP contribution in [0.25, 0.3) is 0 Å². The summed E-state index contributed by atoms with van der Waals surface area (Å²) in [5.74, 6) is 0. The molecule has 0 atom stereocenters. The predicted molar refractivity (Wildman–Crippen MR) is 55.5 cm³/mol. The third-order valence-corrected chi connectivity index (χ3v) is 2.69. The Morgan fingerprint density at radius 2 is 2.36 bits per heavy atom. The van der Waals surface area contributed by atoms with Crippen LogP contribution in [0.3, 0.4) is 0 Å². The highest BCUT2D eigenvalue weighted by molar-refractivity contribution is 5.44. The van der Waals surface area contributed by atoms with Gasteiger partial charge in [-0.3, -0.25) is 4.79 Å². The number of anilines is 1. The van der Waals surface area contributed by atoms with Crippen molar-refractivity contribution in [2.75, 3.05) is 18.0 Å². The highest BCUT2D eigenvalue weighted by Gasteiger charge is 2.29. The molecule has 0 amide bonds. The predicted octanol–water partition coefficient (Wildman–Crippen LogP) is 1.01. The molecule has 1 fully saturated rings. The van der Waals surface area contributed by atoms with Gasteiger partial charge in [0, 0.05) is 19.2 Å². The Morgan fingerprint density at radius 3 is 2.93 bits per heavy atom. The molecule has 0 spiro atoms. The molecule has 0 aromatic carbocycles. The van der Waals surface area contributed by atoms with E-state index in [4.69, 9.17) is 0 Å². The van der Waals surface area contributed by atoms with Crippen LogP contribution in [-0.2, 0) is 0 Å². The Labute approximate surface area is 82.9 Å². The minimum absolute atomic E-state index is 0.132. The highest BCUT2D eigenvalue weighted by Crippen LogP contribution is 2.31. The second kappa shape index (κ2) is 3.12. The number of rotatable bonds is 1. The Morgan fingerprint density at radius 1 is 1.57 bits per heavy atom. The first-order valence-corrected chi connectivity index (χ1v) is 4.87. The van der Waals surface area contributed by atoms with Gasteiger partial charge in [-0.2, -0.15) is 5.10 Å². The average Bonchev–Trinajstić information content (AvgIpc) is 2.46. The van der Waals surface area contributed by atoms with Crippen molar-refractivity contribution in [2.24, 2.45) is 5.41 Å². The zero-order valence-corrected chi connectivity index (χ0v) is 8.58. The third kappa shape index (κ3) is 1.78. The molecule has 0 saturated carbocycles. The minimum atomic E-state index is -0.132. The zero-order valence-electron chi connectivity index (χ0n) is 8.58. The van der Waals surface area contributed by atoms with Crippen molar-refractivity contribution in [1.29, 1.82) is 0 Å². The van der Waals surface area contributed by atoms with Crippen LogP contribution < -0.4 is 10.5 Å². The summed E-state index contributed by atoms with van der Waals surface area (Å²) < 4.78 is 0. The maximum atomic E-state index is 11.1. The smallest absolute Gasteiger partial charge is 0.266 e. The van der Waals surface area contributed by atoms with Crippen LogP contribution in [0.1, 0.15) is 20.3 Å². The highest BCUT2D eigenvalue weighted by atomic mass is 16.1. The van der Waals surface area contributed by atoms with Gasteiger partial charge in [-0.1, -0.05) is 13.8 Å². The molecule has 4 nitrogen and oxygen atoms in total. The van der Waals surface area contributed by atoms with Gasteiger partial charge in [0.1, 0.15) is 0 Å². The van der Waals surface area contributed by atoms with Crippen molar-refractivity contribution >= 4 is 5.69 Å². The molecule has 14 heavy (non-hydrogen) atoms. The maximum absolute atomic E-state index is 11.1. The summed E-state index contributed by atoms with van der Waals surface area (Å²) in [6.45, 7) is 6.50. The van der Waals surface area contributed by atoms with Crippen molar-refractivity contribution in [3.63, 3.8) is 0 Å². The number of hydrogen-bond acceptors (Lipinski definition) is 3. The van der Waals surface area contributed by atoms with E-state index in [2.05, 4.69) is 28.9 Å². The van der Waals surface area contributed by atoms with Gasteiger partial charge >= 0.3 is 0 Å². The average molecular weight is 193 g/mol. The van der Waals surface area contributed by atoms with Crippen LogP contribution in [0.2, 0.25) is 0 Å². The molecular formula is C10H15N3O. The molecule has 0 aliphatic carbocycles. The summed E-state index contributed by atoms with van der Waals surface area (Å²) in [7, 11) is 0. The van der Waals surface area contributed by atoms with E-state index >= 15 is 0 Å². The molecule has 0 bridgehead atoms. The van der Waals surface area contributed by atoms with Gasteiger partial charge in [0.2, 0.25) is 0 Å². The Kier molecular flexibility index (Phi) is 2.06. The first kappa shape index (κ1) is 9.24. The largest absolute Gasteiger partial charge is 0.370 e. The van der Waals surface area contributed by atoms with Gasteiger partial charge in [0.25, 0.3) is 5.56 Å². The van der Waals surface area contributed by atoms with E-state index in [9.17, 15) is 4.79 Å². The molecular weight excluding hydrogens is 178 g/mol. The van der Waals surface area contributed by atoms with Crippen molar-refractivity contribution in [2.45, 2.75) is 20.3 Å². The van der Waals surface area contributed by atoms with E-state index in [0.29, 0.717) is 5.41 Å². The molecule has 2 rings (SSSR count). The molecule has 76 valence electrons. The number of nitrogens with one attached hydrogen (secondary N) is 1. The topological polar surface area (TPSA) is 49.0 Å². The molecule has 4 heteroatoms. The van der Waals surface area contributed by atoms with Crippen LogP contribution in [0.15, 0.2) is 17.1 Å². The number of aromatic amines is 1. The quantitative estimate of drug-likeness (QED) is 0.724. The van der Waals surface area contributed by atoms with E-state index in [1.165, 1.54) is 6.42 Å². The lowest BCUT2D eigenvalue weighted by Gasteiger charge is -2.20. The fraction of sp³-hybridized carbons (Fsp3) is 0.600. The van der Waals surface area contributed by atoms with Crippen molar-refractivity contribution < 1.29 is 0 Å². The molecule has 0 radical (unpaired) electrons. The van der Waals surface area contributed by atoms with Crippen LogP contribution in [0, 0.1) is 5.41 Å². The van der Waals surface area contributed by atoms with Crippen LogP contribution in [0.4, 0.5) is 5.69 Å². The van der Waals surface area contributed by atoms with E-state index in [-0.39, 0.29) is 5.56 Å². The molecule has 1 saturated heterocycles. The van der Waals surface area contributed by atoms with E-state index in [0.717, 1.165) is 18.8 Å². The molecule has 1 aromatic rings. The first-order valence-electron chi connectivity index (χ1n) is 4.87. The number of aromatic nitrogens is 2. The van der Waals surface area contributed by atoms with Crippen molar-refractivity contribution in [3.05, 3.63) is 22.6 Å². The summed E-state index contributed by atoms with van der Waals surface area (Å²) in [6, 6.07) is 1.61. The fourth-order valence-electron chi connectivity index (χ4n) is 1.87. The molecule has 2 heterocycles. The summed E-state index contributed by atoms with van der Waals surface area (Å²) >= 11 is 0. The minimum Gasteiger partial charge on any atom is -0.370 e.